The summed E-state index contributed by atoms with van der Waals surface area (Å²) in [4.78, 5) is 33.9. The second kappa shape index (κ2) is 6.96. The molecular formula is C12H22N2O5. The fourth-order valence-corrected chi connectivity index (χ4v) is 1.19. The fourth-order valence-electron chi connectivity index (χ4n) is 1.19. The number of carbonyl (C=O) groups is 3. The molecule has 0 saturated carbocycles. The highest BCUT2D eigenvalue weighted by atomic mass is 16.5. The predicted octanol–water partition coefficient (Wildman–Crippen LogP) is 0.594. The number of aliphatic carboxylic acids is 1. The van der Waals surface area contributed by atoms with Crippen molar-refractivity contribution in [1.29, 1.82) is 0 Å². The standard InChI is InChI=1S/C12H22N2O5/c1-7(2)8(9(15)19-5)14-11(18)13-6-12(3,4)10(16)17/h7-8H,6H2,1-5H3,(H,16,17)(H2,13,14,18). The molecule has 19 heavy (non-hydrogen) atoms. The molecule has 7 heteroatoms. The first-order valence-corrected chi connectivity index (χ1v) is 5.97. The van der Waals surface area contributed by atoms with Crippen LogP contribution in [0.25, 0.3) is 0 Å². The number of ether oxygens (including phenoxy) is 1. The highest BCUT2D eigenvalue weighted by Gasteiger charge is 2.29. The molecule has 0 heterocycles. The van der Waals surface area contributed by atoms with E-state index in [1.54, 1.807) is 13.8 Å². The number of carboxylic acid groups (broad SMARTS) is 1. The Morgan fingerprint density at radius 3 is 2.16 bits per heavy atom. The summed E-state index contributed by atoms with van der Waals surface area (Å²) in [5.41, 5.74) is -1.07. The van der Waals surface area contributed by atoms with Crippen LogP contribution in [0.15, 0.2) is 0 Å². The van der Waals surface area contributed by atoms with E-state index in [1.165, 1.54) is 21.0 Å². The summed E-state index contributed by atoms with van der Waals surface area (Å²) in [5, 5.41) is 13.8. The summed E-state index contributed by atoms with van der Waals surface area (Å²) in [5.74, 6) is -1.69. The maximum atomic E-state index is 11.6. The van der Waals surface area contributed by atoms with Crippen LogP contribution in [0.1, 0.15) is 27.7 Å². The van der Waals surface area contributed by atoms with Gasteiger partial charge in [-0.25, -0.2) is 9.59 Å². The molecule has 2 amide bonds. The third-order valence-electron chi connectivity index (χ3n) is 2.68. The quantitative estimate of drug-likeness (QED) is 0.615. The van der Waals surface area contributed by atoms with E-state index in [4.69, 9.17) is 5.11 Å². The number of rotatable bonds is 6. The molecule has 0 aromatic rings. The van der Waals surface area contributed by atoms with Crippen LogP contribution in [-0.2, 0) is 14.3 Å². The summed E-state index contributed by atoms with van der Waals surface area (Å²) < 4.78 is 4.58. The number of esters is 1. The summed E-state index contributed by atoms with van der Waals surface area (Å²) in [6, 6.07) is -1.36. The lowest BCUT2D eigenvalue weighted by Crippen LogP contribution is -2.51. The molecule has 0 aromatic heterocycles. The first-order chi connectivity index (χ1) is 8.61. The monoisotopic (exact) mass is 274 g/mol. The lowest BCUT2D eigenvalue weighted by molar-refractivity contribution is -0.146. The molecule has 0 aliphatic rings. The Morgan fingerprint density at radius 1 is 1.26 bits per heavy atom. The van der Waals surface area contributed by atoms with E-state index < -0.39 is 29.4 Å². The SMILES string of the molecule is COC(=O)C(NC(=O)NCC(C)(C)C(=O)O)C(C)C. The number of carboxylic acids is 1. The third-order valence-corrected chi connectivity index (χ3v) is 2.68. The number of amides is 2. The van der Waals surface area contributed by atoms with E-state index >= 15 is 0 Å². The smallest absolute Gasteiger partial charge is 0.328 e. The summed E-state index contributed by atoms with van der Waals surface area (Å²) in [6.45, 7) is 6.48. The minimum atomic E-state index is -1.07. The van der Waals surface area contributed by atoms with Crippen molar-refractivity contribution in [2.45, 2.75) is 33.7 Å². The number of hydrogen-bond donors (Lipinski definition) is 3. The van der Waals surface area contributed by atoms with Gasteiger partial charge in [0.15, 0.2) is 0 Å². The number of methoxy groups -OCH3 is 1. The Morgan fingerprint density at radius 2 is 1.79 bits per heavy atom. The average molecular weight is 274 g/mol. The lowest BCUT2D eigenvalue weighted by Gasteiger charge is -2.23. The summed E-state index contributed by atoms with van der Waals surface area (Å²) in [6.07, 6.45) is 0. The van der Waals surface area contributed by atoms with Crippen LogP contribution < -0.4 is 10.6 Å². The zero-order valence-electron chi connectivity index (χ0n) is 11.9. The van der Waals surface area contributed by atoms with Gasteiger partial charge in [0.05, 0.1) is 12.5 Å². The normalized spacial score (nSPS) is 12.7. The fraction of sp³-hybridized carbons (Fsp3) is 0.750. The van der Waals surface area contributed by atoms with Crippen molar-refractivity contribution in [3.63, 3.8) is 0 Å². The minimum absolute atomic E-state index is 0.0415. The topological polar surface area (TPSA) is 105 Å². The molecule has 0 fully saturated rings. The van der Waals surface area contributed by atoms with Gasteiger partial charge in [0, 0.05) is 6.54 Å². The van der Waals surface area contributed by atoms with Gasteiger partial charge in [-0.15, -0.1) is 0 Å². The van der Waals surface area contributed by atoms with Gasteiger partial charge in [0.1, 0.15) is 6.04 Å². The third kappa shape index (κ3) is 5.58. The molecule has 0 rings (SSSR count). The van der Waals surface area contributed by atoms with Crippen molar-refractivity contribution in [3.05, 3.63) is 0 Å². The van der Waals surface area contributed by atoms with Crippen LogP contribution in [0, 0.1) is 11.3 Å². The zero-order chi connectivity index (χ0) is 15.2. The van der Waals surface area contributed by atoms with Crippen molar-refractivity contribution >= 4 is 18.0 Å². The molecular weight excluding hydrogens is 252 g/mol. The number of nitrogens with one attached hydrogen (secondary N) is 2. The predicted molar refractivity (Wildman–Crippen MR) is 68.6 cm³/mol. The molecule has 0 radical (unpaired) electrons. The Bertz CT molecular complexity index is 352. The van der Waals surface area contributed by atoms with Gasteiger partial charge >= 0.3 is 18.0 Å². The van der Waals surface area contributed by atoms with Crippen LogP contribution in [-0.4, -0.2) is 42.8 Å². The van der Waals surface area contributed by atoms with Crippen molar-refractivity contribution in [1.82, 2.24) is 10.6 Å². The van der Waals surface area contributed by atoms with Gasteiger partial charge in [-0.3, -0.25) is 4.79 Å². The molecule has 110 valence electrons. The molecule has 1 atom stereocenters. The molecule has 0 aliphatic heterocycles. The molecule has 7 nitrogen and oxygen atoms in total. The second-order valence-corrected chi connectivity index (χ2v) is 5.26. The van der Waals surface area contributed by atoms with Crippen molar-refractivity contribution in [3.8, 4) is 0 Å². The van der Waals surface area contributed by atoms with Gasteiger partial charge in [0.2, 0.25) is 0 Å². The molecule has 0 aromatic carbocycles. The first-order valence-electron chi connectivity index (χ1n) is 5.97. The molecule has 0 saturated heterocycles. The highest BCUT2D eigenvalue weighted by molar-refractivity contribution is 5.84. The molecule has 0 aliphatic carbocycles. The number of hydrogen-bond acceptors (Lipinski definition) is 4. The number of carbonyl (C=O) groups excluding carboxylic acids is 2. The Balaban J connectivity index is 4.44. The van der Waals surface area contributed by atoms with Gasteiger partial charge in [-0.1, -0.05) is 13.8 Å². The van der Waals surface area contributed by atoms with Crippen LogP contribution in [0.2, 0.25) is 0 Å². The lowest BCUT2D eigenvalue weighted by atomic mass is 9.94. The van der Waals surface area contributed by atoms with Gasteiger partial charge in [-0.05, 0) is 19.8 Å². The maximum Gasteiger partial charge on any atom is 0.328 e. The Hall–Kier alpha value is -1.79. The van der Waals surface area contributed by atoms with Crippen LogP contribution >= 0.6 is 0 Å². The Kier molecular flexibility index (Phi) is 6.31. The largest absolute Gasteiger partial charge is 0.481 e. The van der Waals surface area contributed by atoms with Crippen molar-refractivity contribution in [2.75, 3.05) is 13.7 Å². The van der Waals surface area contributed by atoms with E-state index in [0.717, 1.165) is 0 Å². The van der Waals surface area contributed by atoms with Crippen molar-refractivity contribution in [2.24, 2.45) is 11.3 Å². The number of urea groups is 1. The second-order valence-electron chi connectivity index (χ2n) is 5.26. The summed E-state index contributed by atoms with van der Waals surface area (Å²) >= 11 is 0. The van der Waals surface area contributed by atoms with Crippen molar-refractivity contribution < 1.29 is 24.2 Å². The van der Waals surface area contributed by atoms with Crippen LogP contribution in [0.4, 0.5) is 4.79 Å². The highest BCUT2D eigenvalue weighted by Crippen LogP contribution is 2.13. The minimum Gasteiger partial charge on any atom is -0.481 e. The molecule has 3 N–H and O–H groups in total. The van der Waals surface area contributed by atoms with E-state index in [-0.39, 0.29) is 12.5 Å². The van der Waals surface area contributed by atoms with Crippen LogP contribution in [0.5, 0.6) is 0 Å². The molecule has 1 unspecified atom stereocenters. The average Bonchev–Trinajstić information content (AvgIpc) is 2.32. The van der Waals surface area contributed by atoms with Gasteiger partial charge < -0.3 is 20.5 Å². The van der Waals surface area contributed by atoms with Gasteiger partial charge in [-0.2, -0.15) is 0 Å². The maximum absolute atomic E-state index is 11.6. The van der Waals surface area contributed by atoms with E-state index in [9.17, 15) is 14.4 Å². The Labute approximate surface area is 112 Å². The van der Waals surface area contributed by atoms with E-state index in [1.807, 2.05) is 0 Å². The molecule has 0 bridgehead atoms. The zero-order valence-corrected chi connectivity index (χ0v) is 11.9. The van der Waals surface area contributed by atoms with E-state index in [0.29, 0.717) is 0 Å². The summed E-state index contributed by atoms with van der Waals surface area (Å²) in [7, 11) is 1.24. The van der Waals surface area contributed by atoms with Gasteiger partial charge in [0.25, 0.3) is 0 Å². The molecule has 0 spiro atoms. The van der Waals surface area contributed by atoms with E-state index in [2.05, 4.69) is 15.4 Å². The van der Waals surface area contributed by atoms with Crippen LogP contribution in [0.3, 0.4) is 0 Å². The first kappa shape index (κ1) is 17.2.